The molecule has 0 fully saturated rings. The van der Waals surface area contributed by atoms with Crippen molar-refractivity contribution in [2.75, 3.05) is 5.32 Å². The summed E-state index contributed by atoms with van der Waals surface area (Å²) in [5.74, 6) is -1.32. The number of carboxylic acid groups (broad SMARTS) is 1. The van der Waals surface area contributed by atoms with Crippen molar-refractivity contribution in [3.05, 3.63) is 58.1 Å². The Labute approximate surface area is 150 Å². The molecule has 3 nitrogen and oxygen atoms in total. The molecular formula is C18H16ClF2NO2Si. The Morgan fingerprint density at radius 2 is 1.84 bits per heavy atom. The van der Waals surface area contributed by atoms with Gasteiger partial charge in [-0.1, -0.05) is 49.3 Å². The van der Waals surface area contributed by atoms with E-state index >= 15 is 0 Å². The lowest BCUT2D eigenvalue weighted by Gasteiger charge is -2.13. The molecule has 0 heterocycles. The average Bonchev–Trinajstić information content (AvgIpc) is 2.51. The molecule has 2 rings (SSSR count). The number of nitrogens with one attached hydrogen (secondary N) is 1. The third kappa shape index (κ3) is 4.59. The van der Waals surface area contributed by atoms with E-state index in [1.54, 1.807) is 18.2 Å². The Hall–Kier alpha value is -2.36. The summed E-state index contributed by atoms with van der Waals surface area (Å²) in [4.78, 5) is 11.5. The second-order valence-electron chi connectivity index (χ2n) is 6.38. The molecule has 0 aromatic heterocycles. The first-order valence-corrected chi connectivity index (χ1v) is 11.3. The van der Waals surface area contributed by atoms with Crippen LogP contribution < -0.4 is 5.32 Å². The Bertz CT molecular complexity index is 898. The number of para-hydroxylation sites is 1. The number of anilines is 2. The maximum atomic E-state index is 14.5. The molecule has 0 spiro atoms. The van der Waals surface area contributed by atoms with Crippen LogP contribution in [-0.2, 0) is 0 Å². The van der Waals surface area contributed by atoms with Crippen molar-refractivity contribution in [1.82, 2.24) is 0 Å². The Morgan fingerprint density at radius 1 is 1.20 bits per heavy atom. The Balaban J connectivity index is 2.61. The summed E-state index contributed by atoms with van der Waals surface area (Å²) in [6.45, 7) is 5.83. The SMILES string of the molecule is C[Si](C)(C)C#Cc1cc(C(=O)O)c(Nc2ccccc2Cl)c(F)c1F. The first-order chi connectivity index (χ1) is 11.6. The number of benzene rings is 2. The second kappa shape index (κ2) is 7.26. The number of hydrogen-bond acceptors (Lipinski definition) is 2. The molecule has 0 radical (unpaired) electrons. The molecule has 0 atom stereocenters. The first kappa shape index (κ1) is 19.0. The lowest BCUT2D eigenvalue weighted by Crippen LogP contribution is -2.16. The van der Waals surface area contributed by atoms with Gasteiger partial charge in [0.1, 0.15) is 8.07 Å². The van der Waals surface area contributed by atoms with Crippen molar-refractivity contribution < 1.29 is 18.7 Å². The predicted molar refractivity (Wildman–Crippen MR) is 98.3 cm³/mol. The van der Waals surface area contributed by atoms with E-state index < -0.39 is 36.9 Å². The van der Waals surface area contributed by atoms with E-state index in [1.807, 2.05) is 19.6 Å². The van der Waals surface area contributed by atoms with Gasteiger partial charge in [0.25, 0.3) is 0 Å². The van der Waals surface area contributed by atoms with Gasteiger partial charge in [-0.25, -0.2) is 13.6 Å². The van der Waals surface area contributed by atoms with E-state index in [0.717, 1.165) is 6.07 Å². The minimum Gasteiger partial charge on any atom is -0.478 e. The lowest BCUT2D eigenvalue weighted by molar-refractivity contribution is 0.0697. The van der Waals surface area contributed by atoms with E-state index in [0.29, 0.717) is 0 Å². The summed E-state index contributed by atoms with van der Waals surface area (Å²) in [5, 5.41) is 12.2. The summed E-state index contributed by atoms with van der Waals surface area (Å²) >= 11 is 5.99. The summed E-state index contributed by atoms with van der Waals surface area (Å²) in [5.41, 5.74) is 1.98. The van der Waals surface area contributed by atoms with Crippen LogP contribution in [0.25, 0.3) is 0 Å². The van der Waals surface area contributed by atoms with Gasteiger partial charge in [0.15, 0.2) is 11.6 Å². The number of hydrogen-bond donors (Lipinski definition) is 2. The minimum atomic E-state index is -1.84. The van der Waals surface area contributed by atoms with Crippen LogP contribution in [0.3, 0.4) is 0 Å². The predicted octanol–water partition coefficient (Wildman–Crippen LogP) is 5.29. The van der Waals surface area contributed by atoms with Crippen molar-refractivity contribution in [1.29, 1.82) is 0 Å². The maximum absolute atomic E-state index is 14.5. The van der Waals surface area contributed by atoms with Crippen LogP contribution in [0.4, 0.5) is 20.2 Å². The summed E-state index contributed by atoms with van der Waals surface area (Å²) < 4.78 is 28.9. The molecule has 0 saturated heterocycles. The Kier molecular flexibility index (Phi) is 5.51. The van der Waals surface area contributed by atoms with Crippen LogP contribution in [0.2, 0.25) is 24.7 Å². The summed E-state index contributed by atoms with van der Waals surface area (Å²) in [6, 6.07) is 7.41. The molecule has 2 N–H and O–H groups in total. The molecule has 7 heteroatoms. The second-order valence-corrected chi connectivity index (χ2v) is 11.5. The van der Waals surface area contributed by atoms with E-state index in [9.17, 15) is 18.7 Å². The highest BCUT2D eigenvalue weighted by Gasteiger charge is 2.22. The first-order valence-electron chi connectivity index (χ1n) is 7.40. The smallest absolute Gasteiger partial charge is 0.337 e. The minimum absolute atomic E-state index is 0.251. The third-order valence-electron chi connectivity index (χ3n) is 3.14. The quantitative estimate of drug-likeness (QED) is 0.562. The Morgan fingerprint density at radius 3 is 2.40 bits per heavy atom. The molecule has 2 aromatic carbocycles. The zero-order chi connectivity index (χ0) is 18.8. The van der Waals surface area contributed by atoms with Gasteiger partial charge in [0.05, 0.1) is 27.5 Å². The molecule has 0 unspecified atom stereocenters. The molecule has 0 bridgehead atoms. The van der Waals surface area contributed by atoms with E-state index in [1.165, 1.54) is 6.07 Å². The highest BCUT2D eigenvalue weighted by Crippen LogP contribution is 2.31. The van der Waals surface area contributed by atoms with Gasteiger partial charge in [-0.2, -0.15) is 0 Å². The largest absolute Gasteiger partial charge is 0.478 e. The number of halogens is 3. The number of carboxylic acids is 1. The van der Waals surface area contributed by atoms with Gasteiger partial charge in [0, 0.05) is 0 Å². The zero-order valence-electron chi connectivity index (χ0n) is 13.9. The number of rotatable bonds is 3. The molecule has 25 heavy (non-hydrogen) atoms. The standard InChI is InChI=1S/C18H16ClF2NO2Si/c1-25(2,3)9-8-11-10-12(18(23)24)17(16(21)15(11)20)22-14-7-5-4-6-13(14)19/h4-7,10,22H,1-3H3,(H,23,24). The fraction of sp³-hybridized carbons (Fsp3) is 0.167. The highest BCUT2D eigenvalue weighted by atomic mass is 35.5. The molecular weight excluding hydrogens is 364 g/mol. The number of aromatic carboxylic acids is 1. The normalized spacial score (nSPS) is 10.8. The molecule has 0 saturated carbocycles. The van der Waals surface area contributed by atoms with Crippen molar-refractivity contribution in [2.45, 2.75) is 19.6 Å². The van der Waals surface area contributed by atoms with E-state index in [4.69, 9.17) is 11.6 Å². The van der Waals surface area contributed by atoms with Gasteiger partial charge in [0.2, 0.25) is 0 Å². The molecule has 0 aliphatic heterocycles. The van der Waals surface area contributed by atoms with Gasteiger partial charge in [-0.3, -0.25) is 0 Å². The fourth-order valence-electron chi connectivity index (χ4n) is 1.96. The van der Waals surface area contributed by atoms with Crippen LogP contribution in [0, 0.1) is 23.1 Å². The van der Waals surface area contributed by atoms with Crippen molar-refractivity contribution >= 4 is 37.0 Å². The van der Waals surface area contributed by atoms with E-state index in [-0.39, 0.29) is 16.3 Å². The summed E-state index contributed by atoms with van der Waals surface area (Å²) in [6.07, 6.45) is 0. The molecule has 0 aliphatic rings. The van der Waals surface area contributed by atoms with Crippen LogP contribution in [0.15, 0.2) is 30.3 Å². The van der Waals surface area contributed by atoms with Crippen molar-refractivity contribution in [3.63, 3.8) is 0 Å². The van der Waals surface area contributed by atoms with Crippen LogP contribution in [0.1, 0.15) is 15.9 Å². The van der Waals surface area contributed by atoms with E-state index in [2.05, 4.69) is 16.8 Å². The molecule has 0 aliphatic carbocycles. The van der Waals surface area contributed by atoms with Gasteiger partial charge < -0.3 is 10.4 Å². The van der Waals surface area contributed by atoms with Crippen LogP contribution in [-0.4, -0.2) is 19.1 Å². The summed E-state index contributed by atoms with van der Waals surface area (Å²) in [7, 11) is -1.84. The number of carbonyl (C=O) groups is 1. The van der Waals surface area contributed by atoms with Gasteiger partial charge >= 0.3 is 5.97 Å². The van der Waals surface area contributed by atoms with Crippen LogP contribution >= 0.6 is 11.6 Å². The van der Waals surface area contributed by atoms with Crippen LogP contribution in [0.5, 0.6) is 0 Å². The average molecular weight is 380 g/mol. The monoisotopic (exact) mass is 379 g/mol. The highest BCUT2D eigenvalue weighted by molar-refractivity contribution is 6.83. The third-order valence-corrected chi connectivity index (χ3v) is 4.35. The topological polar surface area (TPSA) is 49.3 Å². The fourth-order valence-corrected chi connectivity index (χ4v) is 2.65. The molecule has 2 aromatic rings. The van der Waals surface area contributed by atoms with Gasteiger partial charge in [-0.05, 0) is 18.2 Å². The lowest BCUT2D eigenvalue weighted by atomic mass is 10.1. The molecule has 0 amide bonds. The maximum Gasteiger partial charge on any atom is 0.337 e. The van der Waals surface area contributed by atoms with Crippen molar-refractivity contribution in [3.8, 4) is 11.5 Å². The van der Waals surface area contributed by atoms with Crippen molar-refractivity contribution in [2.24, 2.45) is 0 Å². The van der Waals surface area contributed by atoms with Gasteiger partial charge in [-0.15, -0.1) is 5.54 Å². The zero-order valence-corrected chi connectivity index (χ0v) is 15.6. The molecule has 130 valence electrons.